The Hall–Kier alpha value is -2.18. The van der Waals surface area contributed by atoms with Crippen molar-refractivity contribution in [2.45, 2.75) is 20.8 Å². The molecule has 0 saturated heterocycles. The third-order valence-corrected chi connectivity index (χ3v) is 2.37. The van der Waals surface area contributed by atoms with Crippen LogP contribution in [0.5, 0.6) is 0 Å². The summed E-state index contributed by atoms with van der Waals surface area (Å²) < 4.78 is 0. The molecule has 7 heteroatoms. The molecule has 7 nitrogen and oxygen atoms in total. The van der Waals surface area contributed by atoms with Crippen LogP contribution in [0, 0.1) is 15.5 Å². The van der Waals surface area contributed by atoms with Crippen LogP contribution in [0.15, 0.2) is 12.3 Å². The lowest BCUT2D eigenvalue weighted by Crippen LogP contribution is -2.31. The number of carbonyl (C=O) groups is 1. The Labute approximate surface area is 111 Å². The number of aromatic nitrogens is 1. The van der Waals surface area contributed by atoms with Crippen LogP contribution in [0.1, 0.15) is 31.1 Å². The summed E-state index contributed by atoms with van der Waals surface area (Å²) >= 11 is 0. The average molecular weight is 267 g/mol. The highest BCUT2D eigenvalue weighted by Crippen LogP contribution is 2.24. The predicted molar refractivity (Wildman–Crippen MR) is 70.6 cm³/mol. The number of rotatable bonds is 4. The first-order valence-electron chi connectivity index (χ1n) is 5.70. The zero-order chi connectivity index (χ0) is 14.8. The molecule has 0 atom stereocenters. The van der Waals surface area contributed by atoms with E-state index in [4.69, 9.17) is 5.11 Å². The molecule has 0 amide bonds. The van der Waals surface area contributed by atoms with Gasteiger partial charge in [0, 0.05) is 19.7 Å². The lowest BCUT2D eigenvalue weighted by atomic mass is 9.96. The van der Waals surface area contributed by atoms with Gasteiger partial charge in [0.1, 0.15) is 17.6 Å². The van der Waals surface area contributed by atoms with Crippen molar-refractivity contribution in [3.05, 3.63) is 27.9 Å². The zero-order valence-corrected chi connectivity index (χ0v) is 11.4. The monoisotopic (exact) mass is 267 g/mol. The number of pyridine rings is 1. The third kappa shape index (κ3) is 3.90. The Bertz CT molecular complexity index is 508. The van der Waals surface area contributed by atoms with E-state index in [1.54, 1.807) is 11.9 Å². The molecule has 1 aromatic rings. The maximum absolute atomic E-state index is 11.2. The van der Waals surface area contributed by atoms with Crippen LogP contribution in [0.4, 0.5) is 11.5 Å². The van der Waals surface area contributed by atoms with Crippen molar-refractivity contribution in [2.75, 3.05) is 18.5 Å². The minimum Gasteiger partial charge on any atom is -0.478 e. The largest absolute Gasteiger partial charge is 0.478 e. The van der Waals surface area contributed by atoms with Gasteiger partial charge >= 0.3 is 5.97 Å². The first-order chi connectivity index (χ1) is 8.61. The van der Waals surface area contributed by atoms with Crippen LogP contribution in [0.25, 0.3) is 0 Å². The number of carboxylic acid groups (broad SMARTS) is 1. The second-order valence-corrected chi connectivity index (χ2v) is 5.54. The number of aromatic carboxylic acids is 1. The minimum atomic E-state index is -1.23. The van der Waals surface area contributed by atoms with Crippen LogP contribution >= 0.6 is 0 Å². The van der Waals surface area contributed by atoms with Crippen molar-refractivity contribution >= 4 is 17.5 Å². The summed E-state index contributed by atoms with van der Waals surface area (Å²) in [5, 5.41) is 19.8. The standard InChI is InChI=1S/C12H17N3O4/c1-12(2,3)7-14(4)10-9(11(16)17)5-8(6-13-10)15(18)19/h5-6H,7H2,1-4H3,(H,16,17). The summed E-state index contributed by atoms with van der Waals surface area (Å²) in [5.74, 6) is -1.00. The Morgan fingerprint density at radius 1 is 1.53 bits per heavy atom. The van der Waals surface area contributed by atoms with Crippen molar-refractivity contribution in [1.82, 2.24) is 4.98 Å². The molecule has 0 bridgehead atoms. The molecule has 19 heavy (non-hydrogen) atoms. The van der Waals surface area contributed by atoms with E-state index in [1.165, 1.54) is 0 Å². The van der Waals surface area contributed by atoms with E-state index < -0.39 is 10.9 Å². The summed E-state index contributed by atoms with van der Waals surface area (Å²) in [7, 11) is 1.71. The Morgan fingerprint density at radius 3 is 2.53 bits per heavy atom. The molecule has 1 aromatic heterocycles. The number of hydrogen-bond donors (Lipinski definition) is 1. The van der Waals surface area contributed by atoms with E-state index in [2.05, 4.69) is 4.98 Å². The van der Waals surface area contributed by atoms with Crippen LogP contribution in [0.3, 0.4) is 0 Å². The Balaban J connectivity index is 3.20. The molecule has 0 fully saturated rings. The fourth-order valence-corrected chi connectivity index (χ4v) is 1.79. The van der Waals surface area contributed by atoms with Crippen LogP contribution in [-0.2, 0) is 0 Å². The van der Waals surface area contributed by atoms with E-state index in [0.717, 1.165) is 12.3 Å². The van der Waals surface area contributed by atoms with Crippen LogP contribution in [0.2, 0.25) is 0 Å². The smallest absolute Gasteiger partial charge is 0.339 e. The van der Waals surface area contributed by atoms with E-state index in [1.807, 2.05) is 20.8 Å². The molecule has 0 unspecified atom stereocenters. The summed E-state index contributed by atoms with van der Waals surface area (Å²) in [4.78, 5) is 26.8. The molecule has 0 spiro atoms. The summed E-state index contributed by atoms with van der Waals surface area (Å²) in [6.45, 7) is 6.61. The fourth-order valence-electron chi connectivity index (χ4n) is 1.79. The molecule has 1 N–H and O–H groups in total. The third-order valence-electron chi connectivity index (χ3n) is 2.37. The summed E-state index contributed by atoms with van der Waals surface area (Å²) in [6, 6.07) is 1.03. The molecule has 0 saturated carbocycles. The number of hydrogen-bond acceptors (Lipinski definition) is 5. The summed E-state index contributed by atoms with van der Waals surface area (Å²) in [6.07, 6.45) is 1.07. The summed E-state index contributed by atoms with van der Waals surface area (Å²) in [5.41, 5.74) is -0.542. The first kappa shape index (κ1) is 14.9. The molecular formula is C12H17N3O4. The van der Waals surface area contributed by atoms with Gasteiger partial charge in [-0.15, -0.1) is 0 Å². The molecule has 0 aliphatic rings. The number of nitro groups is 1. The number of carboxylic acids is 1. The molecule has 1 heterocycles. The van der Waals surface area contributed by atoms with Crippen molar-refractivity contribution in [1.29, 1.82) is 0 Å². The highest BCUT2D eigenvalue weighted by atomic mass is 16.6. The molecule has 0 aromatic carbocycles. The van der Waals surface area contributed by atoms with Gasteiger partial charge < -0.3 is 10.0 Å². The topological polar surface area (TPSA) is 96.6 Å². The lowest BCUT2D eigenvalue weighted by Gasteiger charge is -2.28. The SMILES string of the molecule is CN(CC(C)(C)C)c1ncc([N+](=O)[O-])cc1C(=O)O. The van der Waals surface area contributed by atoms with Gasteiger partial charge in [-0.2, -0.15) is 0 Å². The highest BCUT2D eigenvalue weighted by molar-refractivity contribution is 5.94. The van der Waals surface area contributed by atoms with E-state index >= 15 is 0 Å². The molecule has 104 valence electrons. The van der Waals surface area contributed by atoms with Gasteiger partial charge in [-0.25, -0.2) is 9.78 Å². The Kier molecular flexibility index (Phi) is 4.08. The van der Waals surface area contributed by atoms with Crippen LogP contribution in [-0.4, -0.2) is 34.6 Å². The van der Waals surface area contributed by atoms with Gasteiger partial charge in [0.25, 0.3) is 5.69 Å². The maximum Gasteiger partial charge on any atom is 0.339 e. The van der Waals surface area contributed by atoms with E-state index in [-0.39, 0.29) is 22.5 Å². The molecule has 0 radical (unpaired) electrons. The van der Waals surface area contributed by atoms with Gasteiger partial charge in [0.2, 0.25) is 0 Å². The van der Waals surface area contributed by atoms with Crippen molar-refractivity contribution in [3.8, 4) is 0 Å². The normalized spacial score (nSPS) is 11.2. The lowest BCUT2D eigenvalue weighted by molar-refractivity contribution is -0.385. The highest BCUT2D eigenvalue weighted by Gasteiger charge is 2.22. The second-order valence-electron chi connectivity index (χ2n) is 5.54. The molecule has 1 rings (SSSR count). The van der Waals surface area contributed by atoms with Gasteiger partial charge in [0.05, 0.1) is 4.92 Å². The molecular weight excluding hydrogens is 250 g/mol. The predicted octanol–water partition coefficient (Wildman–Crippen LogP) is 2.17. The number of nitrogens with zero attached hydrogens (tertiary/aromatic N) is 3. The molecule has 0 aliphatic heterocycles. The van der Waals surface area contributed by atoms with Crippen molar-refractivity contribution < 1.29 is 14.8 Å². The second kappa shape index (κ2) is 5.21. The fraction of sp³-hybridized carbons (Fsp3) is 0.500. The van der Waals surface area contributed by atoms with Gasteiger partial charge in [-0.05, 0) is 5.41 Å². The van der Waals surface area contributed by atoms with Gasteiger partial charge in [0.15, 0.2) is 0 Å². The zero-order valence-electron chi connectivity index (χ0n) is 11.4. The van der Waals surface area contributed by atoms with Gasteiger partial charge in [-0.3, -0.25) is 10.1 Å². The average Bonchev–Trinajstić information content (AvgIpc) is 2.25. The number of anilines is 1. The van der Waals surface area contributed by atoms with Gasteiger partial charge in [-0.1, -0.05) is 20.8 Å². The Morgan fingerprint density at radius 2 is 2.11 bits per heavy atom. The minimum absolute atomic E-state index is 0.0476. The van der Waals surface area contributed by atoms with E-state index in [0.29, 0.717) is 6.54 Å². The van der Waals surface area contributed by atoms with Crippen LogP contribution < -0.4 is 4.90 Å². The maximum atomic E-state index is 11.2. The van der Waals surface area contributed by atoms with E-state index in [9.17, 15) is 14.9 Å². The van der Waals surface area contributed by atoms with Crippen molar-refractivity contribution in [3.63, 3.8) is 0 Å². The first-order valence-corrected chi connectivity index (χ1v) is 5.70. The van der Waals surface area contributed by atoms with Crippen molar-refractivity contribution in [2.24, 2.45) is 5.41 Å². The quantitative estimate of drug-likeness (QED) is 0.663. The molecule has 0 aliphatic carbocycles.